The largest absolute Gasteiger partial charge is 0.378 e. The van der Waals surface area contributed by atoms with Crippen molar-refractivity contribution in [2.75, 3.05) is 46.4 Å². The molecule has 2 saturated heterocycles. The number of piperazine rings is 1. The molecule has 0 spiro atoms. The van der Waals surface area contributed by atoms with Crippen LogP contribution in [0.15, 0.2) is 0 Å². The molecule has 1 amide bonds. The van der Waals surface area contributed by atoms with Crippen LogP contribution in [-0.2, 0) is 9.53 Å². The van der Waals surface area contributed by atoms with Crippen molar-refractivity contribution in [1.29, 1.82) is 0 Å². The van der Waals surface area contributed by atoms with Crippen LogP contribution in [0.3, 0.4) is 0 Å². The minimum absolute atomic E-state index is 0.267. The summed E-state index contributed by atoms with van der Waals surface area (Å²) in [5, 5.41) is 3.28. The second-order valence-corrected chi connectivity index (χ2v) is 5.63. The van der Waals surface area contributed by atoms with Gasteiger partial charge < -0.3 is 15.0 Å². The third-order valence-electron chi connectivity index (χ3n) is 4.27. The van der Waals surface area contributed by atoms with E-state index < -0.39 is 0 Å². The van der Waals surface area contributed by atoms with E-state index in [0.29, 0.717) is 18.7 Å². The highest BCUT2D eigenvalue weighted by Gasteiger charge is 2.26. The Morgan fingerprint density at radius 3 is 2.84 bits per heavy atom. The minimum atomic E-state index is 0.267. The number of carbonyl (C=O) groups excluding carboxylic acids is 1. The molecular weight excluding hydrogens is 242 g/mol. The first-order valence-corrected chi connectivity index (χ1v) is 7.51. The molecular formula is C14H27N3O2. The molecule has 2 heterocycles. The maximum atomic E-state index is 12.2. The topological polar surface area (TPSA) is 44.8 Å². The van der Waals surface area contributed by atoms with Crippen LogP contribution < -0.4 is 5.32 Å². The lowest BCUT2D eigenvalue weighted by atomic mass is 10.0. The SMILES string of the molecule is CCC1CC(N(C)CC(=O)N2CCNCC2)CCO1. The molecule has 19 heavy (non-hydrogen) atoms. The van der Waals surface area contributed by atoms with Crippen molar-refractivity contribution in [3.05, 3.63) is 0 Å². The molecule has 2 rings (SSSR count). The van der Waals surface area contributed by atoms with Crippen LogP contribution in [0, 0.1) is 0 Å². The predicted molar refractivity (Wildman–Crippen MR) is 75.1 cm³/mol. The van der Waals surface area contributed by atoms with Gasteiger partial charge in [-0.2, -0.15) is 0 Å². The zero-order chi connectivity index (χ0) is 13.7. The van der Waals surface area contributed by atoms with Gasteiger partial charge in [-0.15, -0.1) is 0 Å². The Kier molecular flexibility index (Phi) is 5.60. The fourth-order valence-corrected chi connectivity index (χ4v) is 2.90. The van der Waals surface area contributed by atoms with Crippen LogP contribution in [0.4, 0.5) is 0 Å². The molecule has 2 fully saturated rings. The lowest BCUT2D eigenvalue weighted by Crippen LogP contribution is -2.51. The Labute approximate surface area is 116 Å². The molecule has 0 saturated carbocycles. The third kappa shape index (κ3) is 4.16. The number of nitrogens with one attached hydrogen (secondary N) is 1. The Morgan fingerprint density at radius 2 is 2.16 bits per heavy atom. The molecule has 0 bridgehead atoms. The van der Waals surface area contributed by atoms with Crippen LogP contribution in [0.5, 0.6) is 0 Å². The minimum Gasteiger partial charge on any atom is -0.378 e. The number of ether oxygens (including phenoxy) is 1. The smallest absolute Gasteiger partial charge is 0.236 e. The van der Waals surface area contributed by atoms with Crippen LogP contribution in [0.25, 0.3) is 0 Å². The number of amides is 1. The van der Waals surface area contributed by atoms with Gasteiger partial charge >= 0.3 is 0 Å². The summed E-state index contributed by atoms with van der Waals surface area (Å²) in [6.45, 7) is 7.07. The number of rotatable bonds is 4. The van der Waals surface area contributed by atoms with E-state index in [2.05, 4.69) is 24.2 Å². The summed E-state index contributed by atoms with van der Waals surface area (Å²) in [6, 6.07) is 0.491. The lowest BCUT2D eigenvalue weighted by Gasteiger charge is -2.36. The van der Waals surface area contributed by atoms with Crippen molar-refractivity contribution in [2.45, 2.75) is 38.3 Å². The van der Waals surface area contributed by atoms with Crippen LogP contribution >= 0.6 is 0 Å². The molecule has 2 aliphatic rings. The number of hydrogen-bond donors (Lipinski definition) is 1. The standard InChI is InChI=1S/C14H27N3O2/c1-3-13-10-12(4-9-19-13)16(2)11-14(18)17-7-5-15-6-8-17/h12-13,15H,3-11H2,1-2H3. The Morgan fingerprint density at radius 1 is 1.42 bits per heavy atom. The van der Waals surface area contributed by atoms with E-state index in [-0.39, 0.29) is 5.91 Å². The molecule has 5 nitrogen and oxygen atoms in total. The first kappa shape index (κ1) is 14.8. The van der Waals surface area contributed by atoms with Crippen molar-refractivity contribution in [3.8, 4) is 0 Å². The van der Waals surface area contributed by atoms with Gasteiger partial charge in [-0.3, -0.25) is 9.69 Å². The fraction of sp³-hybridized carbons (Fsp3) is 0.929. The molecule has 5 heteroatoms. The Balaban J connectivity index is 1.79. The summed E-state index contributed by atoms with van der Waals surface area (Å²) < 4.78 is 5.70. The van der Waals surface area contributed by atoms with Gasteiger partial charge in [-0.05, 0) is 26.3 Å². The Bertz CT molecular complexity index is 292. The molecule has 0 aliphatic carbocycles. The second-order valence-electron chi connectivity index (χ2n) is 5.63. The van der Waals surface area contributed by atoms with E-state index in [4.69, 9.17) is 4.74 Å². The van der Waals surface area contributed by atoms with Crippen molar-refractivity contribution in [1.82, 2.24) is 15.1 Å². The normalized spacial score (nSPS) is 28.7. The van der Waals surface area contributed by atoms with E-state index in [1.165, 1.54) is 0 Å². The van der Waals surface area contributed by atoms with E-state index in [0.717, 1.165) is 52.0 Å². The first-order chi connectivity index (χ1) is 9.20. The van der Waals surface area contributed by atoms with Gasteiger partial charge in [0.2, 0.25) is 5.91 Å². The molecule has 2 atom stereocenters. The molecule has 2 unspecified atom stereocenters. The molecule has 110 valence electrons. The second kappa shape index (κ2) is 7.22. The average Bonchev–Trinajstić information content (AvgIpc) is 2.48. The summed E-state index contributed by atoms with van der Waals surface area (Å²) >= 11 is 0. The molecule has 0 radical (unpaired) electrons. The summed E-state index contributed by atoms with van der Waals surface area (Å²) in [5.41, 5.74) is 0. The van der Waals surface area contributed by atoms with Crippen LogP contribution in [-0.4, -0.2) is 74.2 Å². The van der Waals surface area contributed by atoms with E-state index >= 15 is 0 Å². The number of hydrogen-bond acceptors (Lipinski definition) is 4. The molecule has 0 aromatic rings. The quantitative estimate of drug-likeness (QED) is 0.798. The van der Waals surface area contributed by atoms with Crippen molar-refractivity contribution in [3.63, 3.8) is 0 Å². The fourth-order valence-electron chi connectivity index (χ4n) is 2.90. The predicted octanol–water partition coefficient (Wildman–Crippen LogP) is 0.308. The van der Waals surface area contributed by atoms with Gasteiger partial charge in [0.05, 0.1) is 12.6 Å². The summed E-state index contributed by atoms with van der Waals surface area (Å²) in [5.74, 6) is 0.267. The van der Waals surface area contributed by atoms with Gasteiger partial charge in [0, 0.05) is 38.8 Å². The van der Waals surface area contributed by atoms with Gasteiger partial charge in [-0.1, -0.05) is 6.92 Å². The zero-order valence-corrected chi connectivity index (χ0v) is 12.2. The first-order valence-electron chi connectivity index (χ1n) is 7.51. The summed E-state index contributed by atoms with van der Waals surface area (Å²) in [4.78, 5) is 16.4. The van der Waals surface area contributed by atoms with E-state index in [1.807, 2.05) is 4.90 Å². The summed E-state index contributed by atoms with van der Waals surface area (Å²) in [7, 11) is 2.07. The third-order valence-corrected chi connectivity index (χ3v) is 4.27. The lowest BCUT2D eigenvalue weighted by molar-refractivity contribution is -0.134. The maximum absolute atomic E-state index is 12.2. The highest BCUT2D eigenvalue weighted by Crippen LogP contribution is 2.20. The highest BCUT2D eigenvalue weighted by molar-refractivity contribution is 5.78. The van der Waals surface area contributed by atoms with Gasteiger partial charge in [0.15, 0.2) is 0 Å². The maximum Gasteiger partial charge on any atom is 0.236 e. The molecule has 1 N–H and O–H groups in total. The van der Waals surface area contributed by atoms with Crippen LogP contribution in [0.1, 0.15) is 26.2 Å². The van der Waals surface area contributed by atoms with E-state index in [9.17, 15) is 4.79 Å². The number of likely N-dealkylation sites (N-methyl/N-ethyl adjacent to an activating group) is 1. The molecule has 0 aromatic carbocycles. The van der Waals surface area contributed by atoms with Crippen molar-refractivity contribution < 1.29 is 9.53 Å². The molecule has 2 aliphatic heterocycles. The van der Waals surface area contributed by atoms with Crippen molar-refractivity contribution in [2.24, 2.45) is 0 Å². The molecule has 0 aromatic heterocycles. The Hall–Kier alpha value is -0.650. The average molecular weight is 269 g/mol. The van der Waals surface area contributed by atoms with E-state index in [1.54, 1.807) is 0 Å². The van der Waals surface area contributed by atoms with Crippen LogP contribution in [0.2, 0.25) is 0 Å². The summed E-state index contributed by atoms with van der Waals surface area (Å²) in [6.07, 6.45) is 3.54. The van der Waals surface area contributed by atoms with Gasteiger partial charge in [0.1, 0.15) is 0 Å². The monoisotopic (exact) mass is 269 g/mol. The highest BCUT2D eigenvalue weighted by atomic mass is 16.5. The van der Waals surface area contributed by atoms with Gasteiger partial charge in [-0.25, -0.2) is 0 Å². The zero-order valence-electron chi connectivity index (χ0n) is 12.2. The van der Waals surface area contributed by atoms with Crippen molar-refractivity contribution >= 4 is 5.91 Å². The van der Waals surface area contributed by atoms with Gasteiger partial charge in [0.25, 0.3) is 0 Å². The number of carbonyl (C=O) groups is 1. The number of nitrogens with zero attached hydrogens (tertiary/aromatic N) is 2.